The summed E-state index contributed by atoms with van der Waals surface area (Å²) in [7, 11) is 0. The van der Waals surface area contributed by atoms with E-state index in [2.05, 4.69) is 45.2 Å². The molecule has 0 aliphatic heterocycles. The molecule has 0 amide bonds. The van der Waals surface area contributed by atoms with E-state index >= 15 is 0 Å². The smallest absolute Gasteiger partial charge is 0.696 e. The van der Waals surface area contributed by atoms with Crippen molar-refractivity contribution in [1.82, 2.24) is 19.9 Å². The van der Waals surface area contributed by atoms with Gasteiger partial charge >= 0.3 is 19.5 Å². The molecular formula is C30H18F3N7O4RuS2. The van der Waals surface area contributed by atoms with Gasteiger partial charge in [-0.2, -0.15) is 0 Å². The number of pyridine rings is 4. The summed E-state index contributed by atoms with van der Waals surface area (Å²) in [5.41, 5.74) is 1.49. The van der Waals surface area contributed by atoms with Crippen LogP contribution in [0.15, 0.2) is 97.6 Å². The molecule has 0 aliphatic carbocycles. The number of thiocyanates is 2. The molecule has 0 fully saturated rings. The van der Waals surface area contributed by atoms with Gasteiger partial charge < -0.3 is 34.7 Å². The molecule has 0 radical (unpaired) electrons. The number of carbonyl (C=O) groups excluding carboxylic acids is 2. The first-order valence-corrected chi connectivity index (χ1v) is 13.1. The zero-order valence-electron chi connectivity index (χ0n) is 23.5. The fourth-order valence-electron chi connectivity index (χ4n) is 3.36. The van der Waals surface area contributed by atoms with Gasteiger partial charge in [-0.15, -0.1) is 0 Å². The van der Waals surface area contributed by atoms with Gasteiger partial charge in [-0.25, -0.2) is 33.7 Å². The molecule has 0 saturated heterocycles. The molecule has 5 aromatic rings. The van der Waals surface area contributed by atoms with Crippen molar-refractivity contribution in [2.75, 3.05) is 4.90 Å². The molecule has 0 aliphatic rings. The maximum atomic E-state index is 13.5. The van der Waals surface area contributed by atoms with Crippen molar-refractivity contribution in [3.05, 3.63) is 115 Å². The molecule has 5 rings (SSSR count). The summed E-state index contributed by atoms with van der Waals surface area (Å²) in [6.45, 7) is 0.664. The van der Waals surface area contributed by atoms with Crippen molar-refractivity contribution in [3.8, 4) is 33.7 Å². The predicted octanol–water partition coefficient (Wildman–Crippen LogP) is 5.60. The molecule has 1 aromatic carbocycles. The summed E-state index contributed by atoms with van der Waals surface area (Å²) in [5, 5.41) is 16.9. The first-order valence-electron chi connectivity index (χ1n) is 12.2. The van der Waals surface area contributed by atoms with Gasteiger partial charge in [0.2, 0.25) is 0 Å². The van der Waals surface area contributed by atoms with E-state index in [0.29, 0.717) is 41.5 Å². The number of benzene rings is 1. The van der Waals surface area contributed by atoms with Crippen molar-refractivity contribution in [3.63, 3.8) is 0 Å². The minimum Gasteiger partial charge on any atom is -0.696 e. The minimum atomic E-state index is -0.492. The summed E-state index contributed by atoms with van der Waals surface area (Å²) >= 11 is 7.40. The van der Waals surface area contributed by atoms with Crippen LogP contribution >= 0.6 is 0 Å². The zero-order valence-corrected chi connectivity index (χ0v) is 26.8. The SMILES string of the molecule is Fc1ccc(N(c2cc(F)ccn2)c2cc(F)ccn2)cc1.N#C[S-].N#C[S-].O=COc1ccnc(-c2cc(OC=O)ccn2)c1.[Ru+2]. The molecule has 17 heteroatoms. The van der Waals surface area contributed by atoms with Crippen molar-refractivity contribution < 1.29 is 51.7 Å². The van der Waals surface area contributed by atoms with Gasteiger partial charge in [0.1, 0.15) is 40.6 Å². The molecule has 0 bridgehead atoms. The summed E-state index contributed by atoms with van der Waals surface area (Å²) in [4.78, 5) is 38.3. The maximum absolute atomic E-state index is 13.5. The van der Waals surface area contributed by atoms with Gasteiger partial charge in [0.15, 0.2) is 0 Å². The second-order valence-electron chi connectivity index (χ2n) is 7.84. The van der Waals surface area contributed by atoms with E-state index in [4.69, 9.17) is 20.0 Å². The van der Waals surface area contributed by atoms with E-state index in [9.17, 15) is 22.8 Å². The van der Waals surface area contributed by atoms with Crippen LogP contribution in [-0.2, 0) is 54.3 Å². The third-order valence-corrected chi connectivity index (χ3v) is 5.05. The standard InChI is InChI=1S/C16H10F3N3.C12H8N2O4.2CHNS.Ru/c17-11-1-3-14(4-2-11)22(15-9-12(18)5-7-20-15)16-10-13(19)6-8-21-16;15-7-17-9-1-3-13-11(5-9)12-6-10(18-8-16)2-4-14-12;2*2-1-3;/h1-10H;1-8H;2*3H;/q;;;;+2/p-2. The van der Waals surface area contributed by atoms with Crippen LogP contribution in [0, 0.1) is 38.8 Å². The molecule has 238 valence electrons. The molecule has 0 saturated carbocycles. The summed E-state index contributed by atoms with van der Waals surface area (Å²) in [6.07, 6.45) is 5.56. The van der Waals surface area contributed by atoms with E-state index in [0.717, 1.165) is 0 Å². The van der Waals surface area contributed by atoms with Gasteiger partial charge in [0.05, 0.1) is 11.4 Å². The van der Waals surface area contributed by atoms with Crippen LogP contribution in [0.2, 0.25) is 0 Å². The van der Waals surface area contributed by atoms with E-state index in [-0.39, 0.29) is 31.1 Å². The van der Waals surface area contributed by atoms with Crippen molar-refractivity contribution in [2.45, 2.75) is 0 Å². The third kappa shape index (κ3) is 13.5. The number of rotatable bonds is 8. The number of nitriles is 2. The number of anilines is 3. The first-order chi connectivity index (χ1) is 22.3. The van der Waals surface area contributed by atoms with E-state index in [1.165, 1.54) is 89.0 Å². The van der Waals surface area contributed by atoms with E-state index < -0.39 is 17.5 Å². The average Bonchev–Trinajstić information content (AvgIpc) is 3.04. The predicted molar refractivity (Wildman–Crippen MR) is 163 cm³/mol. The first kappa shape index (κ1) is 39.4. The number of aromatic nitrogens is 4. The molecule has 11 nitrogen and oxygen atoms in total. The second-order valence-corrected chi connectivity index (χ2v) is 8.21. The van der Waals surface area contributed by atoms with Crippen LogP contribution < -0.4 is 14.4 Å². The number of ether oxygens (including phenoxy) is 2. The van der Waals surface area contributed by atoms with Crippen LogP contribution in [0.3, 0.4) is 0 Å². The Labute approximate surface area is 290 Å². The van der Waals surface area contributed by atoms with Crippen LogP contribution in [0.5, 0.6) is 11.5 Å². The van der Waals surface area contributed by atoms with Gasteiger partial charge in [-0.05, 0) is 48.5 Å². The number of carbonyl (C=O) groups is 2. The van der Waals surface area contributed by atoms with Gasteiger partial charge in [-0.3, -0.25) is 24.5 Å². The van der Waals surface area contributed by atoms with Crippen molar-refractivity contribution in [2.24, 2.45) is 0 Å². The summed E-state index contributed by atoms with van der Waals surface area (Å²) in [5.74, 6) is -0.253. The summed E-state index contributed by atoms with van der Waals surface area (Å²) < 4.78 is 49.5. The zero-order chi connectivity index (χ0) is 33.7. The number of halogens is 3. The normalized spacial score (nSPS) is 8.87. The topological polar surface area (TPSA) is 155 Å². The molecule has 0 unspecified atom stereocenters. The molecule has 4 aromatic heterocycles. The van der Waals surface area contributed by atoms with E-state index in [1.807, 2.05) is 0 Å². The molecule has 0 spiro atoms. The Morgan fingerprint density at radius 2 is 1.00 bits per heavy atom. The Morgan fingerprint density at radius 1 is 0.617 bits per heavy atom. The van der Waals surface area contributed by atoms with Gasteiger partial charge in [0.25, 0.3) is 12.9 Å². The number of nitrogens with zero attached hydrogens (tertiary/aromatic N) is 7. The Bertz CT molecular complexity index is 1710. The Balaban J connectivity index is 0.000000401. The molecule has 4 heterocycles. The molecule has 0 atom stereocenters. The fourth-order valence-corrected chi connectivity index (χ4v) is 3.36. The largest absolute Gasteiger partial charge is 2.00 e. The van der Waals surface area contributed by atoms with Crippen LogP contribution in [-0.4, -0.2) is 32.9 Å². The third-order valence-electron chi connectivity index (χ3n) is 5.05. The summed E-state index contributed by atoms with van der Waals surface area (Å²) in [6, 6.07) is 16.4. The van der Waals surface area contributed by atoms with Crippen molar-refractivity contribution in [1.29, 1.82) is 10.5 Å². The van der Waals surface area contributed by atoms with Crippen LogP contribution in [0.4, 0.5) is 30.5 Å². The average molecular weight is 763 g/mol. The van der Waals surface area contributed by atoms with Crippen LogP contribution in [0.1, 0.15) is 0 Å². The fraction of sp³-hybridized carbons (Fsp3) is 0. The minimum absolute atomic E-state index is 0. The quantitative estimate of drug-likeness (QED) is 0.0834. The molecule has 47 heavy (non-hydrogen) atoms. The molecule has 0 N–H and O–H groups in total. The Morgan fingerprint density at radius 3 is 1.36 bits per heavy atom. The monoisotopic (exact) mass is 763 g/mol. The van der Waals surface area contributed by atoms with Gasteiger partial charge in [0, 0.05) is 54.7 Å². The Kier molecular flexibility index (Phi) is 18.4. The number of hydrogen-bond donors (Lipinski definition) is 0. The van der Waals surface area contributed by atoms with E-state index in [1.54, 1.807) is 24.3 Å². The van der Waals surface area contributed by atoms with Crippen LogP contribution in [0.25, 0.3) is 11.4 Å². The van der Waals surface area contributed by atoms with Crippen molar-refractivity contribution >= 4 is 55.5 Å². The number of hydrogen-bond acceptors (Lipinski definition) is 13. The second kappa shape index (κ2) is 22.0. The Hall–Kier alpha value is -5.61. The maximum Gasteiger partial charge on any atom is 2.00 e. The van der Waals surface area contributed by atoms with Gasteiger partial charge in [-0.1, -0.05) is 10.8 Å². The molecular weight excluding hydrogens is 745 g/mol.